The van der Waals surface area contributed by atoms with Crippen LogP contribution in [0, 0.1) is 10.8 Å². The number of hydrogen-bond donors (Lipinski definition) is 2. The number of hydrogen-bond acceptors (Lipinski definition) is 12. The van der Waals surface area contributed by atoms with Gasteiger partial charge < -0.3 is 15.5 Å². The molecule has 16 heteroatoms. The van der Waals surface area contributed by atoms with Crippen LogP contribution in [-0.2, 0) is 23.8 Å². The Kier molecular flexibility index (Phi) is 13.5. The Balaban J connectivity index is 0.000000154. The second kappa shape index (κ2) is 19.7. The van der Waals surface area contributed by atoms with E-state index in [-0.39, 0.29) is 27.7 Å². The van der Waals surface area contributed by atoms with Crippen molar-refractivity contribution in [2.75, 3.05) is 36.0 Å². The lowest BCUT2D eigenvalue weighted by Gasteiger charge is -2.44. The number of nitrogens with zero attached hydrogens (tertiary/aromatic N) is 8. The van der Waals surface area contributed by atoms with Crippen LogP contribution < -0.4 is 20.3 Å². The quantitative estimate of drug-likeness (QED) is 0.135. The largest absolute Gasteiger partial charge is 0.355 e. The smallest absolute Gasteiger partial charge is 0.147 e. The molecular weight excluding hydrogens is 972 g/mol. The number of nitrogens with two attached hydrogens (primary N) is 1. The molecule has 4 aliphatic carbocycles. The third kappa shape index (κ3) is 9.87. The Hall–Kier alpha value is -4.15. The molecule has 2 saturated carbocycles. The fraction of sp³-hybridized carbons (Fsp3) is 0.444. The van der Waals surface area contributed by atoms with Gasteiger partial charge in [0.2, 0.25) is 0 Å². The summed E-state index contributed by atoms with van der Waals surface area (Å²) >= 11 is 16.3. The first-order chi connectivity index (χ1) is 33.9. The van der Waals surface area contributed by atoms with Crippen molar-refractivity contribution in [3.05, 3.63) is 142 Å². The van der Waals surface area contributed by atoms with Gasteiger partial charge in [-0.15, -0.1) is 0 Å². The number of fused-ring (bicyclic) bond motifs is 2. The van der Waals surface area contributed by atoms with E-state index in [1.54, 1.807) is 23.5 Å². The van der Waals surface area contributed by atoms with Crippen molar-refractivity contribution in [3.63, 3.8) is 0 Å². The summed E-state index contributed by atoms with van der Waals surface area (Å²) in [4.78, 5) is 34.5. The highest BCUT2D eigenvalue weighted by atomic mass is 35.5. The van der Waals surface area contributed by atoms with E-state index in [9.17, 15) is 4.21 Å². The zero-order valence-corrected chi connectivity index (χ0v) is 44.0. The van der Waals surface area contributed by atoms with Crippen LogP contribution in [0.25, 0.3) is 0 Å². The number of rotatable bonds is 10. The summed E-state index contributed by atoms with van der Waals surface area (Å²) < 4.78 is 16.4. The van der Waals surface area contributed by atoms with E-state index in [1.807, 2.05) is 70.1 Å². The molecule has 0 amide bonds. The maximum Gasteiger partial charge on any atom is 0.147 e. The third-order valence-corrected chi connectivity index (χ3v) is 19.9. The predicted molar refractivity (Wildman–Crippen MR) is 284 cm³/mol. The predicted octanol–water partition coefficient (Wildman–Crippen LogP) is 11.9. The minimum atomic E-state index is -1.13. The van der Waals surface area contributed by atoms with E-state index in [0.717, 1.165) is 118 Å². The number of piperidine rings is 2. The zero-order chi connectivity index (χ0) is 48.2. The van der Waals surface area contributed by atoms with Crippen LogP contribution in [-0.4, -0.2) is 65.0 Å². The third-order valence-electron chi connectivity index (χ3n) is 15.4. The van der Waals surface area contributed by atoms with Crippen LogP contribution in [0.3, 0.4) is 0 Å². The van der Waals surface area contributed by atoms with Gasteiger partial charge in [0.05, 0.1) is 68.0 Å². The summed E-state index contributed by atoms with van der Waals surface area (Å²) in [5.41, 5.74) is 14.4. The van der Waals surface area contributed by atoms with E-state index in [2.05, 4.69) is 78.0 Å². The van der Waals surface area contributed by atoms with Crippen molar-refractivity contribution in [1.82, 2.24) is 34.6 Å². The molecule has 0 unspecified atom stereocenters. The number of benzene rings is 2. The second-order valence-electron chi connectivity index (χ2n) is 21.1. The molecule has 3 atom stereocenters. The molecule has 2 aliphatic heterocycles. The summed E-state index contributed by atoms with van der Waals surface area (Å²) in [5, 5.41) is 3.20. The second-order valence-corrected chi connectivity index (χ2v) is 25.9. The Bertz CT molecular complexity index is 2880. The van der Waals surface area contributed by atoms with E-state index in [1.165, 1.54) is 47.9 Å². The average molecular weight is 1030 g/mol. The molecule has 4 fully saturated rings. The number of halogens is 2. The van der Waals surface area contributed by atoms with Gasteiger partial charge in [0.1, 0.15) is 21.7 Å². The van der Waals surface area contributed by atoms with Crippen LogP contribution in [0.2, 0.25) is 10.0 Å². The summed E-state index contributed by atoms with van der Waals surface area (Å²) in [5.74, 6) is 2.88. The first kappa shape index (κ1) is 48.1. The molecule has 12 rings (SSSR count). The fourth-order valence-electron chi connectivity index (χ4n) is 11.0. The van der Waals surface area contributed by atoms with Gasteiger partial charge in [-0.05, 0) is 130 Å². The minimum Gasteiger partial charge on any atom is -0.355 e. The Morgan fingerprint density at radius 3 is 1.54 bits per heavy atom. The lowest BCUT2D eigenvalue weighted by Crippen LogP contribution is -2.48. The van der Waals surface area contributed by atoms with Crippen molar-refractivity contribution >= 4 is 69.3 Å². The van der Waals surface area contributed by atoms with Crippen LogP contribution >= 0.6 is 46.7 Å². The lowest BCUT2D eigenvalue weighted by molar-refractivity contribution is 0.177. The summed E-state index contributed by atoms with van der Waals surface area (Å²) in [6, 6.07) is 21.5. The first-order valence-corrected chi connectivity index (χ1v) is 28.3. The van der Waals surface area contributed by atoms with Crippen molar-refractivity contribution in [2.45, 2.75) is 133 Å². The molecule has 2 saturated heterocycles. The zero-order valence-electron chi connectivity index (χ0n) is 40.0. The van der Waals surface area contributed by atoms with Crippen LogP contribution in [0.5, 0.6) is 0 Å². The van der Waals surface area contributed by atoms with Crippen LogP contribution in [0.1, 0.15) is 130 Å². The minimum absolute atomic E-state index is 0.0572. The highest BCUT2D eigenvalue weighted by Gasteiger charge is 2.49. The van der Waals surface area contributed by atoms with Gasteiger partial charge in [-0.1, -0.05) is 95.3 Å². The van der Waals surface area contributed by atoms with Gasteiger partial charge in [0, 0.05) is 66.2 Å². The number of anilines is 2. The summed E-state index contributed by atoms with van der Waals surface area (Å²) in [6.07, 6.45) is 22.2. The standard InChI is InChI=1S/C29H34ClN5OS2.C25H26ClN5S/c1-28(2,3)38(36)34-27-21-7-5-4-6-20(21)16-29(27)11-14-35(15-12-29)23-17-33-24(18-32-23)37-22-10-13-31-26(25(22)30)19-8-9-19;26-22-19(7-10-28-23(22)16-5-6-16)32-21-15-29-20(14-30-21)31-11-8-25(9-12-31)13-17-3-1-2-4-18(17)24(25)27/h4-7,10,13,17-19,27,34H,8-9,11-12,14-16H2,1-3H3;1-4,7,10,14-16,24H,5-6,8-9,11-13,27H2/t27-,38-;24-/m11/s1. The Morgan fingerprint density at radius 1 is 0.629 bits per heavy atom. The molecular formula is C54H60Cl2N10OS3. The average Bonchev–Trinajstić information content (AvgIpc) is 4.32. The molecule has 0 radical (unpaired) electrons. The van der Waals surface area contributed by atoms with Crippen molar-refractivity contribution < 1.29 is 4.21 Å². The molecule has 11 nitrogen and oxygen atoms in total. The van der Waals surface area contributed by atoms with Gasteiger partial charge in [-0.25, -0.2) is 28.9 Å². The molecule has 6 heterocycles. The molecule has 6 aromatic rings. The molecule has 70 heavy (non-hydrogen) atoms. The molecule has 6 aliphatic rings. The highest BCUT2D eigenvalue weighted by Crippen LogP contribution is 2.54. The summed E-state index contributed by atoms with van der Waals surface area (Å²) in [6.45, 7) is 9.81. The SMILES string of the molecule is CC(C)(C)[S@@](=O)N[C@@H]1c2ccccc2CC12CCN(c1cnc(Sc3ccnc(C4CC4)c3Cl)cn1)CC2.N[C@@H]1c2ccccc2CC12CCN(c1cnc(Sc3ccnc(C4CC4)c3Cl)cn1)CC2. The van der Waals surface area contributed by atoms with E-state index < -0.39 is 11.0 Å². The van der Waals surface area contributed by atoms with Crippen LogP contribution in [0.15, 0.2) is 118 Å². The normalized spacial score (nSPS) is 21.6. The van der Waals surface area contributed by atoms with Crippen molar-refractivity contribution in [3.8, 4) is 0 Å². The lowest BCUT2D eigenvalue weighted by atomic mass is 9.73. The Morgan fingerprint density at radius 2 is 1.09 bits per heavy atom. The summed E-state index contributed by atoms with van der Waals surface area (Å²) in [7, 11) is -1.13. The molecule has 364 valence electrons. The van der Waals surface area contributed by atoms with E-state index in [4.69, 9.17) is 43.9 Å². The van der Waals surface area contributed by atoms with E-state index in [0.29, 0.717) is 11.8 Å². The molecule has 2 spiro atoms. The maximum atomic E-state index is 13.1. The van der Waals surface area contributed by atoms with Crippen molar-refractivity contribution in [1.29, 1.82) is 0 Å². The number of aromatic nitrogens is 6. The van der Waals surface area contributed by atoms with Gasteiger partial charge in [0.25, 0.3) is 0 Å². The first-order valence-electron chi connectivity index (χ1n) is 24.7. The molecule has 4 aromatic heterocycles. The maximum absolute atomic E-state index is 13.1. The topological polar surface area (TPSA) is 139 Å². The van der Waals surface area contributed by atoms with E-state index >= 15 is 0 Å². The van der Waals surface area contributed by atoms with Gasteiger partial charge in [0.15, 0.2) is 0 Å². The highest BCUT2D eigenvalue weighted by molar-refractivity contribution is 7.99. The number of nitrogens with one attached hydrogen (secondary N) is 1. The monoisotopic (exact) mass is 1030 g/mol. The van der Waals surface area contributed by atoms with Crippen molar-refractivity contribution in [2.24, 2.45) is 16.6 Å². The molecule has 3 N–H and O–H groups in total. The molecule has 2 aromatic carbocycles. The van der Waals surface area contributed by atoms with Gasteiger partial charge in [-0.2, -0.15) is 0 Å². The molecule has 0 bridgehead atoms. The fourth-order valence-corrected chi connectivity index (χ4v) is 14.2. The number of pyridine rings is 2. The van der Waals surface area contributed by atoms with Gasteiger partial charge >= 0.3 is 0 Å². The Labute approximate surface area is 433 Å². The van der Waals surface area contributed by atoms with Crippen LogP contribution in [0.4, 0.5) is 11.6 Å². The van der Waals surface area contributed by atoms with Gasteiger partial charge in [-0.3, -0.25) is 9.97 Å².